The van der Waals surface area contributed by atoms with E-state index in [4.69, 9.17) is 14.2 Å². The van der Waals surface area contributed by atoms with Crippen molar-refractivity contribution in [2.75, 3.05) is 13.2 Å². The minimum Gasteiger partial charge on any atom is -0.462 e. The van der Waals surface area contributed by atoms with Gasteiger partial charge in [0.1, 0.15) is 11.9 Å². The van der Waals surface area contributed by atoms with Crippen LogP contribution in [0.1, 0.15) is 36.5 Å². The molecule has 0 spiro atoms. The maximum absolute atomic E-state index is 12.1. The molecule has 1 aromatic carbocycles. The second kappa shape index (κ2) is 11.0. The average Bonchev–Trinajstić information content (AvgIpc) is 2.71. The van der Waals surface area contributed by atoms with Gasteiger partial charge in [0.15, 0.2) is 6.61 Å². The molecule has 1 aromatic rings. The number of ether oxygens (including phenoxy) is 4. The third kappa shape index (κ3) is 8.22. The molecule has 8 nitrogen and oxygen atoms in total. The molecule has 1 N–H and O–H groups in total. The van der Waals surface area contributed by atoms with Crippen molar-refractivity contribution in [1.29, 1.82) is 0 Å². The van der Waals surface area contributed by atoms with Crippen molar-refractivity contribution in [2.24, 2.45) is 5.92 Å². The largest absolute Gasteiger partial charge is 0.573 e. The lowest BCUT2D eigenvalue weighted by Gasteiger charge is -2.32. The van der Waals surface area contributed by atoms with E-state index >= 15 is 0 Å². The molecule has 176 valence electrons. The molecule has 3 atom stereocenters. The Morgan fingerprint density at radius 2 is 1.78 bits per heavy atom. The molecule has 1 fully saturated rings. The van der Waals surface area contributed by atoms with Gasteiger partial charge in [-0.15, -0.1) is 13.2 Å². The number of alkyl halides is 3. The van der Waals surface area contributed by atoms with Crippen molar-refractivity contribution in [3.63, 3.8) is 0 Å². The van der Waals surface area contributed by atoms with Crippen LogP contribution in [0.15, 0.2) is 36.4 Å². The molecular weight excluding hydrogens is 437 g/mol. The summed E-state index contributed by atoms with van der Waals surface area (Å²) in [6, 6.07) is 3.98. The average molecular weight is 460 g/mol. The number of hydrogen-bond acceptors (Lipinski definition) is 8. The summed E-state index contributed by atoms with van der Waals surface area (Å²) in [6.45, 7) is 4.39. The van der Waals surface area contributed by atoms with Gasteiger partial charge in [0.25, 0.3) is 0 Å². The number of carbonyl (C=O) groups is 3. The van der Waals surface area contributed by atoms with Crippen LogP contribution in [0.3, 0.4) is 0 Å². The van der Waals surface area contributed by atoms with Crippen molar-refractivity contribution in [3.8, 4) is 5.75 Å². The highest BCUT2D eigenvalue weighted by Crippen LogP contribution is 2.27. The van der Waals surface area contributed by atoms with Gasteiger partial charge in [-0.2, -0.15) is 0 Å². The van der Waals surface area contributed by atoms with E-state index in [9.17, 15) is 32.7 Å². The molecule has 32 heavy (non-hydrogen) atoms. The van der Waals surface area contributed by atoms with Crippen LogP contribution < -0.4 is 4.74 Å². The van der Waals surface area contributed by atoms with Crippen LogP contribution in [0.5, 0.6) is 5.75 Å². The van der Waals surface area contributed by atoms with Crippen LogP contribution >= 0.6 is 0 Å². The molecule has 0 aromatic heterocycles. The highest BCUT2D eigenvalue weighted by Gasteiger charge is 2.33. The molecule has 0 saturated heterocycles. The monoisotopic (exact) mass is 460 g/mol. The fourth-order valence-corrected chi connectivity index (χ4v) is 3.01. The van der Waals surface area contributed by atoms with Gasteiger partial charge in [-0.3, -0.25) is 0 Å². The Morgan fingerprint density at radius 1 is 1.12 bits per heavy atom. The van der Waals surface area contributed by atoms with Gasteiger partial charge in [-0.1, -0.05) is 6.58 Å². The van der Waals surface area contributed by atoms with Crippen LogP contribution in [0.25, 0.3) is 0 Å². The lowest BCUT2D eigenvalue weighted by atomic mass is 9.86. The Kier molecular flexibility index (Phi) is 8.64. The minimum atomic E-state index is -4.86. The highest BCUT2D eigenvalue weighted by molar-refractivity contribution is 5.90. The summed E-state index contributed by atoms with van der Waals surface area (Å²) in [5, 5.41) is 10.2. The Labute approximate surface area is 181 Å². The van der Waals surface area contributed by atoms with E-state index < -0.39 is 48.8 Å². The van der Waals surface area contributed by atoms with Crippen LogP contribution in [-0.4, -0.2) is 54.8 Å². The third-order valence-electron chi connectivity index (χ3n) is 4.59. The number of esters is 3. The first kappa shape index (κ1) is 25.2. The normalized spacial score (nSPS) is 20.7. The molecule has 2 rings (SSSR count). The van der Waals surface area contributed by atoms with Gasteiger partial charge in [0, 0.05) is 5.57 Å². The summed E-state index contributed by atoms with van der Waals surface area (Å²) in [6.07, 6.45) is -5.49. The van der Waals surface area contributed by atoms with E-state index in [1.807, 2.05) is 0 Å². The van der Waals surface area contributed by atoms with Crippen LogP contribution in [0.2, 0.25) is 0 Å². The van der Waals surface area contributed by atoms with Crippen molar-refractivity contribution >= 4 is 17.9 Å². The smallest absolute Gasteiger partial charge is 0.462 e. The van der Waals surface area contributed by atoms with E-state index in [1.165, 1.54) is 6.92 Å². The molecule has 3 unspecified atom stereocenters. The second-order valence-electron chi connectivity index (χ2n) is 7.30. The second-order valence-corrected chi connectivity index (χ2v) is 7.30. The molecule has 1 aliphatic carbocycles. The topological polar surface area (TPSA) is 108 Å². The van der Waals surface area contributed by atoms with Gasteiger partial charge < -0.3 is 24.1 Å². The van der Waals surface area contributed by atoms with E-state index in [1.54, 1.807) is 0 Å². The van der Waals surface area contributed by atoms with E-state index in [0.29, 0.717) is 12.8 Å². The summed E-state index contributed by atoms with van der Waals surface area (Å²) in [5.74, 6) is -2.94. The minimum absolute atomic E-state index is 0.0859. The fourth-order valence-electron chi connectivity index (χ4n) is 3.01. The number of hydrogen-bond donors (Lipinski definition) is 1. The summed E-state index contributed by atoms with van der Waals surface area (Å²) in [4.78, 5) is 35.3. The highest BCUT2D eigenvalue weighted by atomic mass is 19.4. The summed E-state index contributed by atoms with van der Waals surface area (Å²) >= 11 is 0. The van der Waals surface area contributed by atoms with Crippen molar-refractivity contribution in [2.45, 2.75) is 44.8 Å². The number of aliphatic hydroxyl groups is 1. The third-order valence-corrected chi connectivity index (χ3v) is 4.59. The lowest BCUT2D eigenvalue weighted by Crippen LogP contribution is -2.39. The van der Waals surface area contributed by atoms with Gasteiger partial charge in [0.05, 0.1) is 18.3 Å². The molecule has 0 heterocycles. The Bertz CT molecular complexity index is 834. The van der Waals surface area contributed by atoms with Crippen LogP contribution in [0, 0.1) is 5.92 Å². The van der Waals surface area contributed by atoms with E-state index in [-0.39, 0.29) is 30.1 Å². The molecule has 0 radical (unpaired) electrons. The predicted octanol–water partition coefficient (Wildman–Crippen LogP) is 2.93. The Hall–Kier alpha value is -3.08. The number of halogens is 3. The van der Waals surface area contributed by atoms with E-state index in [0.717, 1.165) is 24.3 Å². The first-order valence-electron chi connectivity index (χ1n) is 9.67. The molecular formula is C21H23F3O8. The lowest BCUT2D eigenvalue weighted by molar-refractivity contribution is -0.274. The zero-order valence-corrected chi connectivity index (χ0v) is 17.2. The number of benzene rings is 1. The summed E-state index contributed by atoms with van der Waals surface area (Å²) in [7, 11) is 0. The standard InChI is InChI=1S/C21H23F3O8/c1-12(2)19(27)29-10-13-3-8-17(16(25)9-13)31-18(26)11-30-20(28)14-4-6-15(7-5-14)32-21(22,23)24/h4-7,13,16-17,25H,1,3,8-11H2,2H3. The molecule has 0 amide bonds. The SMILES string of the molecule is C=C(C)C(=O)OCC1CCC(OC(=O)COC(=O)c2ccc(OC(F)(F)F)cc2)C(O)C1. The maximum Gasteiger partial charge on any atom is 0.573 e. The van der Waals surface area contributed by atoms with Crippen molar-refractivity contribution < 1.29 is 51.6 Å². The van der Waals surface area contributed by atoms with Crippen LogP contribution in [-0.2, 0) is 23.8 Å². The van der Waals surface area contributed by atoms with E-state index in [2.05, 4.69) is 11.3 Å². The quantitative estimate of drug-likeness (QED) is 0.358. The molecule has 11 heteroatoms. The zero-order valence-electron chi connectivity index (χ0n) is 17.2. The molecule has 1 saturated carbocycles. The number of carbonyl (C=O) groups excluding carboxylic acids is 3. The van der Waals surface area contributed by atoms with Crippen molar-refractivity contribution in [3.05, 3.63) is 42.0 Å². The fraction of sp³-hybridized carbons (Fsp3) is 0.476. The maximum atomic E-state index is 12.1. The molecule has 0 aliphatic heterocycles. The predicted molar refractivity (Wildman–Crippen MR) is 102 cm³/mol. The van der Waals surface area contributed by atoms with Crippen LogP contribution in [0.4, 0.5) is 13.2 Å². The summed E-state index contributed by atoms with van der Waals surface area (Å²) in [5.41, 5.74) is 0.186. The molecule has 0 bridgehead atoms. The van der Waals surface area contributed by atoms with Gasteiger partial charge in [-0.25, -0.2) is 14.4 Å². The number of aliphatic hydroxyl groups excluding tert-OH is 1. The Morgan fingerprint density at radius 3 is 2.34 bits per heavy atom. The van der Waals surface area contributed by atoms with Gasteiger partial charge in [-0.05, 0) is 56.4 Å². The first-order valence-corrected chi connectivity index (χ1v) is 9.67. The number of rotatable bonds is 8. The molecule has 1 aliphatic rings. The summed E-state index contributed by atoms with van der Waals surface area (Å²) < 4.78 is 55.1. The first-order chi connectivity index (χ1) is 14.9. The zero-order chi connectivity index (χ0) is 23.9. The van der Waals surface area contributed by atoms with Gasteiger partial charge in [0.2, 0.25) is 0 Å². The Balaban J connectivity index is 1.74. The van der Waals surface area contributed by atoms with Crippen molar-refractivity contribution in [1.82, 2.24) is 0 Å². The van der Waals surface area contributed by atoms with Gasteiger partial charge >= 0.3 is 24.3 Å².